The van der Waals surface area contributed by atoms with Gasteiger partial charge in [0.15, 0.2) is 11.0 Å². The molecule has 0 spiro atoms. The first-order valence-electron chi connectivity index (χ1n) is 8.93. The second-order valence-corrected chi connectivity index (χ2v) is 7.53. The van der Waals surface area contributed by atoms with E-state index in [0.717, 1.165) is 29.6 Å². The van der Waals surface area contributed by atoms with Crippen LogP contribution in [-0.4, -0.2) is 24.9 Å². The van der Waals surface area contributed by atoms with Crippen molar-refractivity contribution in [1.82, 2.24) is 24.9 Å². The largest absolute Gasteiger partial charge is 0.467 e. The minimum atomic E-state index is -0.304. The van der Waals surface area contributed by atoms with Gasteiger partial charge in [-0.15, -0.1) is 10.2 Å². The molecule has 0 amide bonds. The summed E-state index contributed by atoms with van der Waals surface area (Å²) in [6.45, 7) is 0.598. The summed E-state index contributed by atoms with van der Waals surface area (Å²) in [5.41, 5.74) is 0.683. The molecule has 5 rings (SSSR count). The number of halogens is 1. The van der Waals surface area contributed by atoms with Gasteiger partial charge in [0, 0.05) is 11.5 Å². The number of hydrogen-bond acceptors (Lipinski definition) is 7. The van der Waals surface area contributed by atoms with E-state index in [4.69, 9.17) is 8.94 Å². The zero-order chi connectivity index (χ0) is 18.9. The third kappa shape index (κ3) is 3.57. The number of aromatic nitrogens is 5. The van der Waals surface area contributed by atoms with Crippen LogP contribution in [0.5, 0.6) is 0 Å². The molecule has 1 fully saturated rings. The third-order valence-electron chi connectivity index (χ3n) is 4.47. The fourth-order valence-corrected chi connectivity index (χ4v) is 3.70. The van der Waals surface area contributed by atoms with Crippen LogP contribution in [-0.2, 0) is 12.3 Å². The minimum Gasteiger partial charge on any atom is -0.467 e. The summed E-state index contributed by atoms with van der Waals surface area (Å²) in [7, 11) is 0. The molecule has 0 atom stereocenters. The molecule has 1 aliphatic rings. The lowest BCUT2D eigenvalue weighted by Crippen LogP contribution is -2.05. The Morgan fingerprint density at radius 2 is 2.00 bits per heavy atom. The standard InChI is InChI=1S/C19H16FN5O2S/c20-14-7-5-13(6-8-14)18-21-16(24-27-18)11-28-19-23-22-17(12-3-4-12)25(19)10-15-2-1-9-26-15/h1-2,5-9,12H,3-4,10-11H2. The van der Waals surface area contributed by atoms with Crippen LogP contribution >= 0.6 is 11.8 Å². The van der Waals surface area contributed by atoms with Gasteiger partial charge >= 0.3 is 0 Å². The number of thioether (sulfide) groups is 1. The predicted octanol–water partition coefficient (Wildman–Crippen LogP) is 4.28. The predicted molar refractivity (Wildman–Crippen MR) is 99.1 cm³/mol. The Labute approximate surface area is 164 Å². The number of rotatable bonds is 7. The Kier molecular flexibility index (Phi) is 4.44. The fourth-order valence-electron chi connectivity index (χ4n) is 2.91. The summed E-state index contributed by atoms with van der Waals surface area (Å²) < 4.78 is 25.9. The monoisotopic (exact) mass is 397 g/mol. The number of nitrogens with zero attached hydrogens (tertiary/aromatic N) is 5. The van der Waals surface area contributed by atoms with Crippen molar-refractivity contribution in [3.05, 3.63) is 65.9 Å². The van der Waals surface area contributed by atoms with E-state index in [9.17, 15) is 4.39 Å². The molecule has 1 aromatic carbocycles. The smallest absolute Gasteiger partial charge is 0.257 e. The van der Waals surface area contributed by atoms with Gasteiger partial charge in [0.1, 0.15) is 17.4 Å². The zero-order valence-corrected chi connectivity index (χ0v) is 15.6. The molecule has 0 aliphatic heterocycles. The summed E-state index contributed by atoms with van der Waals surface area (Å²) in [5.74, 6) is 3.44. The Morgan fingerprint density at radius 1 is 1.14 bits per heavy atom. The summed E-state index contributed by atoms with van der Waals surface area (Å²) >= 11 is 1.50. The lowest BCUT2D eigenvalue weighted by molar-refractivity contribution is 0.425. The highest BCUT2D eigenvalue weighted by atomic mass is 32.2. The minimum absolute atomic E-state index is 0.304. The van der Waals surface area contributed by atoms with E-state index in [1.807, 2.05) is 12.1 Å². The van der Waals surface area contributed by atoms with E-state index in [-0.39, 0.29) is 5.82 Å². The van der Waals surface area contributed by atoms with Crippen molar-refractivity contribution in [3.63, 3.8) is 0 Å². The van der Waals surface area contributed by atoms with Gasteiger partial charge in [0.2, 0.25) is 0 Å². The highest BCUT2D eigenvalue weighted by Crippen LogP contribution is 2.40. The SMILES string of the molecule is Fc1ccc(-c2nc(CSc3nnc(C4CC4)n3Cc3ccco3)no2)cc1. The van der Waals surface area contributed by atoms with Crippen LogP contribution in [0.25, 0.3) is 11.5 Å². The summed E-state index contributed by atoms with van der Waals surface area (Å²) in [5, 5.41) is 13.5. The molecule has 28 heavy (non-hydrogen) atoms. The van der Waals surface area contributed by atoms with Gasteiger partial charge in [-0.1, -0.05) is 16.9 Å². The van der Waals surface area contributed by atoms with Crippen LogP contribution in [0.1, 0.15) is 36.2 Å². The fraction of sp³-hybridized carbons (Fsp3) is 0.263. The molecule has 0 unspecified atom stereocenters. The molecule has 0 N–H and O–H groups in total. The Morgan fingerprint density at radius 3 is 2.75 bits per heavy atom. The zero-order valence-electron chi connectivity index (χ0n) is 14.8. The van der Waals surface area contributed by atoms with Crippen molar-refractivity contribution in [3.8, 4) is 11.5 Å². The topological polar surface area (TPSA) is 82.8 Å². The number of benzene rings is 1. The molecule has 1 saturated carbocycles. The van der Waals surface area contributed by atoms with Gasteiger partial charge in [-0.3, -0.25) is 4.57 Å². The Bertz CT molecular complexity index is 1070. The molecule has 142 valence electrons. The summed E-state index contributed by atoms with van der Waals surface area (Å²) in [6, 6.07) is 9.77. The third-order valence-corrected chi connectivity index (χ3v) is 5.43. The van der Waals surface area contributed by atoms with Crippen LogP contribution < -0.4 is 0 Å². The van der Waals surface area contributed by atoms with Crippen LogP contribution in [0.4, 0.5) is 4.39 Å². The molecule has 7 nitrogen and oxygen atoms in total. The van der Waals surface area contributed by atoms with Crippen LogP contribution in [0, 0.1) is 5.82 Å². The van der Waals surface area contributed by atoms with Crippen molar-refractivity contribution in [1.29, 1.82) is 0 Å². The molecule has 0 saturated heterocycles. The summed E-state index contributed by atoms with van der Waals surface area (Å²) in [4.78, 5) is 4.39. The Hall–Kier alpha value is -2.94. The second kappa shape index (κ2) is 7.23. The highest BCUT2D eigenvalue weighted by molar-refractivity contribution is 7.98. The first kappa shape index (κ1) is 17.2. The molecule has 9 heteroatoms. The lowest BCUT2D eigenvalue weighted by atomic mass is 10.2. The van der Waals surface area contributed by atoms with E-state index in [1.165, 1.54) is 23.9 Å². The molecule has 0 radical (unpaired) electrons. The first-order valence-corrected chi connectivity index (χ1v) is 9.91. The van der Waals surface area contributed by atoms with E-state index in [0.29, 0.717) is 35.5 Å². The molecule has 3 heterocycles. The average molecular weight is 397 g/mol. The quantitative estimate of drug-likeness (QED) is 0.431. The van der Waals surface area contributed by atoms with Crippen LogP contribution in [0.3, 0.4) is 0 Å². The molecule has 0 bridgehead atoms. The second-order valence-electron chi connectivity index (χ2n) is 6.59. The summed E-state index contributed by atoms with van der Waals surface area (Å²) in [6.07, 6.45) is 3.96. The van der Waals surface area contributed by atoms with Crippen molar-refractivity contribution in [2.24, 2.45) is 0 Å². The van der Waals surface area contributed by atoms with Crippen LogP contribution in [0.2, 0.25) is 0 Å². The maximum Gasteiger partial charge on any atom is 0.257 e. The van der Waals surface area contributed by atoms with E-state index >= 15 is 0 Å². The number of hydrogen-bond donors (Lipinski definition) is 0. The maximum atomic E-state index is 13.1. The van der Waals surface area contributed by atoms with Crippen molar-refractivity contribution < 1.29 is 13.3 Å². The number of furan rings is 1. The van der Waals surface area contributed by atoms with Crippen molar-refractivity contribution in [2.45, 2.75) is 36.2 Å². The van der Waals surface area contributed by atoms with Crippen molar-refractivity contribution >= 4 is 11.8 Å². The molecule has 1 aliphatic carbocycles. The van der Waals surface area contributed by atoms with Gasteiger partial charge in [0.25, 0.3) is 5.89 Å². The van der Waals surface area contributed by atoms with Crippen molar-refractivity contribution in [2.75, 3.05) is 0 Å². The van der Waals surface area contributed by atoms with Gasteiger partial charge in [-0.2, -0.15) is 4.98 Å². The normalized spacial score (nSPS) is 13.9. The molecular formula is C19H16FN5O2S. The van der Waals surface area contributed by atoms with E-state index in [1.54, 1.807) is 18.4 Å². The lowest BCUT2D eigenvalue weighted by Gasteiger charge is -2.07. The van der Waals surface area contributed by atoms with Crippen LogP contribution in [0.15, 0.2) is 56.8 Å². The maximum absolute atomic E-state index is 13.1. The van der Waals surface area contributed by atoms with Gasteiger partial charge in [0.05, 0.1) is 18.6 Å². The molecule has 3 aromatic heterocycles. The first-order chi connectivity index (χ1) is 13.8. The van der Waals surface area contributed by atoms with E-state index < -0.39 is 0 Å². The van der Waals surface area contributed by atoms with Gasteiger partial charge in [-0.05, 0) is 49.2 Å². The van der Waals surface area contributed by atoms with Gasteiger partial charge in [-0.25, -0.2) is 4.39 Å². The molecular weight excluding hydrogens is 381 g/mol. The van der Waals surface area contributed by atoms with E-state index in [2.05, 4.69) is 24.9 Å². The average Bonchev–Trinajstić information content (AvgIpc) is 3.10. The molecule has 4 aromatic rings. The Balaban J connectivity index is 1.32. The highest BCUT2D eigenvalue weighted by Gasteiger charge is 2.30. The van der Waals surface area contributed by atoms with Gasteiger partial charge < -0.3 is 8.94 Å².